The van der Waals surface area contributed by atoms with Crippen molar-refractivity contribution in [2.24, 2.45) is 22.7 Å². The summed E-state index contributed by atoms with van der Waals surface area (Å²) in [4.78, 5) is 25.7. The van der Waals surface area contributed by atoms with E-state index in [0.717, 1.165) is 63.7 Å². The molecule has 4 saturated carbocycles. The van der Waals surface area contributed by atoms with E-state index in [9.17, 15) is 9.59 Å². The van der Waals surface area contributed by atoms with Crippen LogP contribution in [0.3, 0.4) is 0 Å². The molecule has 3 unspecified atom stereocenters. The molecule has 0 aromatic heterocycles. The van der Waals surface area contributed by atoms with Crippen molar-refractivity contribution < 1.29 is 9.59 Å². The van der Waals surface area contributed by atoms with Crippen LogP contribution >= 0.6 is 0 Å². The van der Waals surface area contributed by atoms with Gasteiger partial charge in [-0.2, -0.15) is 0 Å². The van der Waals surface area contributed by atoms with E-state index in [2.05, 4.69) is 78.1 Å². The van der Waals surface area contributed by atoms with E-state index < -0.39 is 0 Å². The van der Waals surface area contributed by atoms with Gasteiger partial charge in [-0.25, -0.2) is 0 Å². The number of carbonyl (C=O) groups excluding carboxylic acids is 2. The second-order valence-corrected chi connectivity index (χ2v) is 15.3. The van der Waals surface area contributed by atoms with E-state index in [1.54, 1.807) is 6.92 Å². The van der Waals surface area contributed by atoms with Crippen LogP contribution < -0.4 is 5.32 Å². The van der Waals surface area contributed by atoms with Crippen LogP contribution in [0, 0.1) is 22.7 Å². The molecule has 0 aromatic carbocycles. The van der Waals surface area contributed by atoms with Crippen LogP contribution in [0.5, 0.6) is 0 Å². The third-order valence-electron chi connectivity index (χ3n) is 9.94. The number of carbonyl (C=O) groups is 2. The minimum atomic E-state index is -0.223. The number of hydrogen-bond acceptors (Lipinski definition) is 2. The van der Waals surface area contributed by atoms with E-state index in [-0.39, 0.29) is 23.1 Å². The number of allylic oxidation sites excluding steroid dienone is 8. The van der Waals surface area contributed by atoms with Crippen LogP contribution in [0.15, 0.2) is 46.6 Å². The zero-order valence-electron chi connectivity index (χ0n) is 27.2. The van der Waals surface area contributed by atoms with Crippen LogP contribution in [-0.4, -0.2) is 17.2 Å². The Labute approximate surface area is 246 Å². The van der Waals surface area contributed by atoms with Gasteiger partial charge >= 0.3 is 0 Å². The van der Waals surface area contributed by atoms with Gasteiger partial charge in [-0.15, -0.1) is 0 Å². The normalized spacial score (nSPS) is 30.8. The van der Waals surface area contributed by atoms with Crippen LogP contribution in [0.1, 0.15) is 145 Å². The molecular weight excluding hydrogens is 490 g/mol. The molecule has 4 aliphatic rings. The van der Waals surface area contributed by atoms with Gasteiger partial charge in [0.1, 0.15) is 5.78 Å². The summed E-state index contributed by atoms with van der Waals surface area (Å²) in [5.74, 6) is 0.736. The molecule has 4 aliphatic carbocycles. The minimum Gasteiger partial charge on any atom is -0.351 e. The monoisotopic (exact) mass is 549 g/mol. The van der Waals surface area contributed by atoms with Crippen LogP contribution in [0.25, 0.3) is 0 Å². The Morgan fingerprint density at radius 3 is 1.70 bits per heavy atom. The van der Waals surface area contributed by atoms with E-state index in [4.69, 9.17) is 0 Å². The Morgan fingerprint density at radius 2 is 1.23 bits per heavy atom. The van der Waals surface area contributed by atoms with Crippen molar-refractivity contribution in [1.82, 2.24) is 5.32 Å². The number of Topliss-reactive ketones (excluding diaryl/α,β-unsaturated/α-hetero) is 1. The minimum absolute atomic E-state index is 0.0443. The number of hydrogen-bond donors (Lipinski definition) is 1. The van der Waals surface area contributed by atoms with Crippen molar-refractivity contribution in [2.45, 2.75) is 151 Å². The molecule has 0 spiro atoms. The maximum absolute atomic E-state index is 13.3. The van der Waals surface area contributed by atoms with Gasteiger partial charge in [0.15, 0.2) is 0 Å². The van der Waals surface area contributed by atoms with E-state index in [1.165, 1.54) is 41.6 Å². The van der Waals surface area contributed by atoms with Crippen molar-refractivity contribution >= 4 is 11.7 Å². The first-order valence-corrected chi connectivity index (χ1v) is 16.1. The molecule has 224 valence electrons. The molecule has 40 heavy (non-hydrogen) atoms. The van der Waals surface area contributed by atoms with Crippen LogP contribution in [0.4, 0.5) is 0 Å². The van der Waals surface area contributed by atoms with E-state index in [1.807, 2.05) is 0 Å². The zero-order valence-corrected chi connectivity index (χ0v) is 27.2. The lowest BCUT2D eigenvalue weighted by Gasteiger charge is -2.65. The predicted molar refractivity (Wildman–Crippen MR) is 170 cm³/mol. The molecule has 3 heteroatoms. The Balaban J connectivity index is 1.42. The van der Waals surface area contributed by atoms with Gasteiger partial charge < -0.3 is 5.32 Å². The fourth-order valence-electron chi connectivity index (χ4n) is 8.88. The summed E-state index contributed by atoms with van der Waals surface area (Å²) >= 11 is 0. The molecule has 3 atom stereocenters. The van der Waals surface area contributed by atoms with Crippen molar-refractivity contribution in [2.75, 3.05) is 0 Å². The summed E-state index contributed by atoms with van der Waals surface area (Å²) in [6, 6.07) is 0. The lowest BCUT2D eigenvalue weighted by atomic mass is 9.43. The molecule has 4 rings (SSSR count). The molecule has 4 fully saturated rings. The lowest BCUT2D eigenvalue weighted by molar-refractivity contribution is -0.141. The van der Waals surface area contributed by atoms with E-state index in [0.29, 0.717) is 23.7 Å². The molecule has 0 aromatic rings. The summed E-state index contributed by atoms with van der Waals surface area (Å²) in [5, 5.41) is 3.51. The lowest BCUT2D eigenvalue weighted by Crippen LogP contribution is -2.65. The quantitative estimate of drug-likeness (QED) is 0.207. The van der Waals surface area contributed by atoms with Gasteiger partial charge in [0.2, 0.25) is 5.91 Å². The topological polar surface area (TPSA) is 46.2 Å². The summed E-state index contributed by atoms with van der Waals surface area (Å²) < 4.78 is 0. The standard InChI is InChI=1S/C37H59NO2/c1-27(2)12-9-13-28(3)14-10-15-29(4)16-11-17-30(5)18-19-33(31(6)39)20-34(40)38-37-23-32-21-35(7,25-37)24-36(8,22-32)26-37/h12,14,16,18,32-33H,9-11,13,15,17,19-26H2,1-8H3,(H,38,40). The Hall–Kier alpha value is -1.90. The predicted octanol–water partition coefficient (Wildman–Crippen LogP) is 9.98. The fourth-order valence-corrected chi connectivity index (χ4v) is 8.88. The first-order chi connectivity index (χ1) is 18.7. The number of amides is 1. The van der Waals surface area contributed by atoms with Crippen molar-refractivity contribution in [3.8, 4) is 0 Å². The number of nitrogens with one attached hydrogen (secondary N) is 1. The highest BCUT2D eigenvalue weighted by Gasteiger charge is 2.60. The molecule has 0 radical (unpaired) electrons. The summed E-state index contributed by atoms with van der Waals surface area (Å²) in [6.45, 7) is 17.5. The maximum Gasteiger partial charge on any atom is 0.221 e. The molecule has 1 N–H and O–H groups in total. The summed E-state index contributed by atoms with van der Waals surface area (Å²) in [7, 11) is 0. The Bertz CT molecular complexity index is 1020. The average Bonchev–Trinajstić information content (AvgIpc) is 2.78. The smallest absolute Gasteiger partial charge is 0.221 e. The van der Waals surface area contributed by atoms with Gasteiger partial charge in [0.25, 0.3) is 0 Å². The molecular formula is C37H59NO2. The number of rotatable bonds is 15. The molecule has 0 heterocycles. The first kappa shape index (κ1) is 32.6. The highest BCUT2D eigenvalue weighted by Crippen LogP contribution is 2.66. The Morgan fingerprint density at radius 1 is 0.725 bits per heavy atom. The second-order valence-electron chi connectivity index (χ2n) is 15.3. The second kappa shape index (κ2) is 13.8. The molecule has 3 nitrogen and oxygen atoms in total. The zero-order chi connectivity index (χ0) is 29.6. The highest BCUT2D eigenvalue weighted by atomic mass is 16.2. The van der Waals surface area contributed by atoms with E-state index >= 15 is 0 Å². The molecule has 0 saturated heterocycles. The fraction of sp³-hybridized carbons (Fsp3) is 0.730. The van der Waals surface area contributed by atoms with Gasteiger partial charge in [0.05, 0.1) is 0 Å². The number of ketones is 1. The molecule has 4 bridgehead atoms. The highest BCUT2D eigenvalue weighted by molar-refractivity contribution is 5.86. The first-order valence-electron chi connectivity index (χ1n) is 16.1. The van der Waals surface area contributed by atoms with Crippen molar-refractivity contribution in [3.63, 3.8) is 0 Å². The van der Waals surface area contributed by atoms with Gasteiger partial charge in [-0.05, 0) is 142 Å². The van der Waals surface area contributed by atoms with Crippen molar-refractivity contribution in [1.29, 1.82) is 0 Å². The largest absolute Gasteiger partial charge is 0.351 e. The summed E-state index contributed by atoms with van der Waals surface area (Å²) in [6.07, 6.45) is 24.1. The Kier molecular flexibility index (Phi) is 11.3. The molecule has 1 amide bonds. The SMILES string of the molecule is CC(=O)C(CC=C(C)CCC=C(C)CCC=C(C)CCC=C(C)C)CC(=O)NC12CC3CC(C)(CC(C)(C3)C1)C2. The van der Waals surface area contributed by atoms with Crippen LogP contribution in [0.2, 0.25) is 0 Å². The van der Waals surface area contributed by atoms with Crippen molar-refractivity contribution in [3.05, 3.63) is 46.6 Å². The van der Waals surface area contributed by atoms with Gasteiger partial charge in [-0.1, -0.05) is 60.4 Å². The average molecular weight is 550 g/mol. The third-order valence-corrected chi connectivity index (χ3v) is 9.94. The van der Waals surface area contributed by atoms with Gasteiger partial charge in [-0.3, -0.25) is 9.59 Å². The molecule has 0 aliphatic heterocycles. The third kappa shape index (κ3) is 9.88. The van der Waals surface area contributed by atoms with Gasteiger partial charge in [0, 0.05) is 17.9 Å². The maximum atomic E-state index is 13.3. The van der Waals surface area contributed by atoms with Crippen LogP contribution in [-0.2, 0) is 9.59 Å². The summed E-state index contributed by atoms with van der Waals surface area (Å²) in [5.41, 5.74) is 6.34.